The molecule has 0 saturated carbocycles. The van der Waals surface area contributed by atoms with Crippen LogP contribution in [-0.4, -0.2) is 35.0 Å². The first-order chi connectivity index (χ1) is 9.95. The fourth-order valence-corrected chi connectivity index (χ4v) is 2.82. The number of aliphatic carboxylic acids is 1. The van der Waals surface area contributed by atoms with Crippen molar-refractivity contribution in [1.29, 1.82) is 0 Å². The summed E-state index contributed by atoms with van der Waals surface area (Å²) >= 11 is 0. The molecular weight excluding hydrogens is 266 g/mol. The van der Waals surface area contributed by atoms with Crippen LogP contribution in [0.4, 0.5) is 0 Å². The fraction of sp³-hybridized carbons (Fsp3) is 0.529. The van der Waals surface area contributed by atoms with E-state index in [1.54, 1.807) is 0 Å². The van der Waals surface area contributed by atoms with Crippen molar-refractivity contribution in [1.82, 2.24) is 4.90 Å². The van der Waals surface area contributed by atoms with Gasteiger partial charge in [-0.15, -0.1) is 0 Å². The largest absolute Gasteiger partial charge is 0.481 e. The van der Waals surface area contributed by atoms with E-state index in [4.69, 9.17) is 5.11 Å². The standard InChI is InChI=1S/C17H23NO3/c1-12-3-4-15(9-13(12)2)10-16(19)18-8-7-14(11-18)5-6-17(20)21/h3-4,9,14H,5-8,10-11H2,1-2H3,(H,20,21). The van der Waals surface area contributed by atoms with Gasteiger partial charge >= 0.3 is 5.97 Å². The zero-order valence-electron chi connectivity index (χ0n) is 12.8. The number of rotatable bonds is 5. The predicted octanol–water partition coefficient (Wildman–Crippen LogP) is 2.56. The molecule has 0 radical (unpaired) electrons. The summed E-state index contributed by atoms with van der Waals surface area (Å²) in [6, 6.07) is 6.14. The Morgan fingerprint density at radius 2 is 2.05 bits per heavy atom. The molecule has 1 atom stereocenters. The molecule has 0 spiro atoms. The van der Waals surface area contributed by atoms with Gasteiger partial charge in [-0.25, -0.2) is 0 Å². The summed E-state index contributed by atoms with van der Waals surface area (Å²) in [5.41, 5.74) is 3.50. The van der Waals surface area contributed by atoms with Crippen LogP contribution in [-0.2, 0) is 16.0 Å². The van der Waals surface area contributed by atoms with Crippen LogP contribution in [0.25, 0.3) is 0 Å². The Morgan fingerprint density at radius 1 is 1.29 bits per heavy atom. The molecule has 0 aliphatic carbocycles. The summed E-state index contributed by atoms with van der Waals surface area (Å²) < 4.78 is 0. The van der Waals surface area contributed by atoms with Crippen LogP contribution >= 0.6 is 0 Å². The van der Waals surface area contributed by atoms with E-state index in [9.17, 15) is 9.59 Å². The molecule has 1 aliphatic rings. The van der Waals surface area contributed by atoms with Gasteiger partial charge in [0, 0.05) is 19.5 Å². The minimum atomic E-state index is -0.755. The summed E-state index contributed by atoms with van der Waals surface area (Å²) in [5.74, 6) is -0.268. The number of likely N-dealkylation sites (tertiary alicyclic amines) is 1. The lowest BCUT2D eigenvalue weighted by molar-refractivity contribution is -0.137. The molecule has 114 valence electrons. The molecule has 1 unspecified atom stereocenters. The van der Waals surface area contributed by atoms with Crippen molar-refractivity contribution in [3.05, 3.63) is 34.9 Å². The predicted molar refractivity (Wildman–Crippen MR) is 81.2 cm³/mol. The van der Waals surface area contributed by atoms with Crippen molar-refractivity contribution in [2.75, 3.05) is 13.1 Å². The Morgan fingerprint density at radius 3 is 2.71 bits per heavy atom. The average molecular weight is 289 g/mol. The van der Waals surface area contributed by atoms with Gasteiger partial charge in [0.25, 0.3) is 0 Å². The average Bonchev–Trinajstić information content (AvgIpc) is 2.89. The fourth-order valence-electron chi connectivity index (χ4n) is 2.82. The van der Waals surface area contributed by atoms with Crippen molar-refractivity contribution >= 4 is 11.9 Å². The summed E-state index contributed by atoms with van der Waals surface area (Å²) in [7, 11) is 0. The van der Waals surface area contributed by atoms with Gasteiger partial charge in [0.1, 0.15) is 0 Å². The van der Waals surface area contributed by atoms with E-state index in [0.29, 0.717) is 25.3 Å². The zero-order valence-corrected chi connectivity index (χ0v) is 12.8. The summed E-state index contributed by atoms with van der Waals surface area (Å²) in [5, 5.41) is 8.71. The third-order valence-corrected chi connectivity index (χ3v) is 4.33. The molecule has 4 nitrogen and oxygen atoms in total. The molecule has 4 heteroatoms. The van der Waals surface area contributed by atoms with Crippen molar-refractivity contribution in [2.24, 2.45) is 5.92 Å². The number of carboxylic acids is 1. The first-order valence-electron chi connectivity index (χ1n) is 7.51. The van der Waals surface area contributed by atoms with Gasteiger partial charge in [-0.05, 0) is 49.3 Å². The van der Waals surface area contributed by atoms with Crippen molar-refractivity contribution < 1.29 is 14.7 Å². The minimum Gasteiger partial charge on any atom is -0.481 e. The molecule has 1 fully saturated rings. The lowest BCUT2D eigenvalue weighted by Gasteiger charge is -2.17. The Balaban J connectivity index is 1.86. The van der Waals surface area contributed by atoms with Crippen LogP contribution in [0.3, 0.4) is 0 Å². The Labute approximate surface area is 125 Å². The van der Waals surface area contributed by atoms with E-state index in [1.165, 1.54) is 11.1 Å². The first kappa shape index (κ1) is 15.5. The molecule has 1 aromatic carbocycles. The van der Waals surface area contributed by atoms with Crippen molar-refractivity contribution in [3.63, 3.8) is 0 Å². The van der Waals surface area contributed by atoms with Crippen LogP contribution in [0.1, 0.15) is 36.0 Å². The number of nitrogens with zero attached hydrogens (tertiary/aromatic N) is 1. The van der Waals surface area contributed by atoms with E-state index in [-0.39, 0.29) is 12.3 Å². The van der Waals surface area contributed by atoms with E-state index < -0.39 is 5.97 Å². The number of aryl methyl sites for hydroxylation is 2. The molecule has 1 amide bonds. The summed E-state index contributed by atoms with van der Waals surface area (Å²) in [4.78, 5) is 24.8. The van der Waals surface area contributed by atoms with Gasteiger partial charge in [0.15, 0.2) is 0 Å². The normalized spacial score (nSPS) is 18.0. The Kier molecular flexibility index (Phi) is 4.99. The van der Waals surface area contributed by atoms with Crippen LogP contribution < -0.4 is 0 Å². The van der Waals surface area contributed by atoms with Crippen LogP contribution in [0.2, 0.25) is 0 Å². The third-order valence-electron chi connectivity index (χ3n) is 4.33. The number of hydrogen-bond donors (Lipinski definition) is 1. The second kappa shape index (κ2) is 6.74. The number of amides is 1. The van der Waals surface area contributed by atoms with Gasteiger partial charge < -0.3 is 10.0 Å². The van der Waals surface area contributed by atoms with E-state index in [0.717, 1.165) is 18.5 Å². The highest BCUT2D eigenvalue weighted by Gasteiger charge is 2.26. The highest BCUT2D eigenvalue weighted by atomic mass is 16.4. The van der Waals surface area contributed by atoms with Gasteiger partial charge in [0.05, 0.1) is 6.42 Å². The molecule has 1 saturated heterocycles. The maximum absolute atomic E-state index is 12.3. The van der Waals surface area contributed by atoms with E-state index in [1.807, 2.05) is 11.0 Å². The van der Waals surface area contributed by atoms with Crippen molar-refractivity contribution in [3.8, 4) is 0 Å². The van der Waals surface area contributed by atoms with Crippen LogP contribution in [0.5, 0.6) is 0 Å². The molecule has 1 aliphatic heterocycles. The summed E-state index contributed by atoms with van der Waals surface area (Å²) in [6.45, 7) is 5.58. The summed E-state index contributed by atoms with van der Waals surface area (Å²) in [6.07, 6.45) is 2.23. The molecule has 1 N–H and O–H groups in total. The van der Waals surface area contributed by atoms with Crippen LogP contribution in [0.15, 0.2) is 18.2 Å². The van der Waals surface area contributed by atoms with E-state index in [2.05, 4.69) is 26.0 Å². The number of hydrogen-bond acceptors (Lipinski definition) is 2. The Bertz CT molecular complexity index is 539. The van der Waals surface area contributed by atoms with Gasteiger partial charge in [0.2, 0.25) is 5.91 Å². The molecule has 21 heavy (non-hydrogen) atoms. The quantitative estimate of drug-likeness (QED) is 0.906. The second-order valence-corrected chi connectivity index (χ2v) is 6.02. The van der Waals surface area contributed by atoms with Crippen LogP contribution in [0, 0.1) is 19.8 Å². The van der Waals surface area contributed by atoms with Gasteiger partial charge in [-0.2, -0.15) is 0 Å². The maximum Gasteiger partial charge on any atom is 0.303 e. The van der Waals surface area contributed by atoms with Gasteiger partial charge in [-0.3, -0.25) is 9.59 Å². The minimum absolute atomic E-state index is 0.149. The number of carboxylic acid groups (broad SMARTS) is 1. The molecule has 1 aromatic rings. The smallest absolute Gasteiger partial charge is 0.303 e. The lowest BCUT2D eigenvalue weighted by atomic mass is 10.0. The topological polar surface area (TPSA) is 57.6 Å². The third kappa shape index (κ3) is 4.31. The molecule has 2 rings (SSSR count). The number of carbonyl (C=O) groups excluding carboxylic acids is 1. The zero-order chi connectivity index (χ0) is 15.4. The van der Waals surface area contributed by atoms with E-state index >= 15 is 0 Å². The second-order valence-electron chi connectivity index (χ2n) is 6.02. The highest BCUT2D eigenvalue weighted by Crippen LogP contribution is 2.22. The molecule has 0 bridgehead atoms. The lowest BCUT2D eigenvalue weighted by Crippen LogP contribution is -2.30. The highest BCUT2D eigenvalue weighted by molar-refractivity contribution is 5.79. The number of benzene rings is 1. The maximum atomic E-state index is 12.3. The first-order valence-corrected chi connectivity index (χ1v) is 7.51. The monoisotopic (exact) mass is 289 g/mol. The molecule has 1 heterocycles. The van der Waals surface area contributed by atoms with Crippen molar-refractivity contribution in [2.45, 2.75) is 39.5 Å². The van der Waals surface area contributed by atoms with Gasteiger partial charge in [-0.1, -0.05) is 18.2 Å². The Hall–Kier alpha value is -1.84. The SMILES string of the molecule is Cc1ccc(CC(=O)N2CCC(CCC(=O)O)C2)cc1C. The molecule has 0 aromatic heterocycles. The number of carbonyl (C=O) groups is 2. The molecular formula is C17H23NO3.